The third-order valence-electron chi connectivity index (χ3n) is 2.65. The molecule has 0 aromatic heterocycles. The summed E-state index contributed by atoms with van der Waals surface area (Å²) in [6.07, 6.45) is 0. The van der Waals surface area contributed by atoms with Gasteiger partial charge in [0, 0.05) is 5.56 Å². The topological polar surface area (TPSA) is 12.0 Å². The minimum atomic E-state index is -3.10. The number of hydrogen-bond donors (Lipinski definition) is 1. The molecule has 0 spiro atoms. The van der Waals surface area contributed by atoms with Crippen LogP contribution in [0.25, 0.3) is 0 Å². The van der Waals surface area contributed by atoms with E-state index in [2.05, 4.69) is 5.32 Å². The van der Waals surface area contributed by atoms with Crippen LogP contribution in [0.4, 0.5) is 18.9 Å². The van der Waals surface area contributed by atoms with Crippen molar-refractivity contribution in [2.45, 2.75) is 5.92 Å². The predicted octanol–water partition coefficient (Wildman–Crippen LogP) is 4.68. The Bertz CT molecular complexity index is 538. The second-order valence-electron chi connectivity index (χ2n) is 4.02. The minimum Gasteiger partial charge on any atom is -0.375 e. The van der Waals surface area contributed by atoms with Crippen LogP contribution < -0.4 is 5.32 Å². The summed E-state index contributed by atoms with van der Waals surface area (Å²) in [5, 5.41) is 2.44. The van der Waals surface area contributed by atoms with Gasteiger partial charge < -0.3 is 5.32 Å². The summed E-state index contributed by atoms with van der Waals surface area (Å²) in [4.78, 5) is 0. The predicted molar refractivity (Wildman–Crippen MR) is 70.2 cm³/mol. The first kappa shape index (κ1) is 13.7. The highest BCUT2D eigenvalue weighted by atomic mass is 35.5. The van der Waals surface area contributed by atoms with Gasteiger partial charge in [0.05, 0.1) is 17.3 Å². The molecular weight excluding hydrogens is 275 g/mol. The van der Waals surface area contributed by atoms with Gasteiger partial charge in [-0.15, -0.1) is 0 Å². The van der Waals surface area contributed by atoms with Crippen molar-refractivity contribution in [2.24, 2.45) is 0 Å². The van der Waals surface area contributed by atoms with E-state index >= 15 is 0 Å². The van der Waals surface area contributed by atoms with E-state index in [4.69, 9.17) is 11.6 Å². The maximum absolute atomic E-state index is 13.9. The van der Waals surface area contributed by atoms with Gasteiger partial charge in [0.1, 0.15) is 5.82 Å². The zero-order chi connectivity index (χ0) is 13.9. The Kier molecular flexibility index (Phi) is 4.00. The van der Waals surface area contributed by atoms with Gasteiger partial charge >= 0.3 is 0 Å². The van der Waals surface area contributed by atoms with Gasteiger partial charge in [-0.2, -0.15) is 8.78 Å². The molecule has 19 heavy (non-hydrogen) atoms. The number of alkyl halides is 2. The average Bonchev–Trinajstić information content (AvgIpc) is 2.39. The van der Waals surface area contributed by atoms with Crippen LogP contribution in [0.15, 0.2) is 48.5 Å². The number of para-hydroxylation sites is 1. The number of nitrogens with one attached hydrogen (secondary N) is 1. The van der Waals surface area contributed by atoms with E-state index in [0.29, 0.717) is 0 Å². The molecule has 100 valence electrons. The standard InChI is InChI=1S/C14H11ClF3N/c15-11-7-4-8-12(16)13(11)19-9-14(17,18)10-5-2-1-3-6-10/h1-8,19H,9H2. The number of hydrogen-bond acceptors (Lipinski definition) is 1. The molecule has 0 saturated heterocycles. The summed E-state index contributed by atoms with van der Waals surface area (Å²) in [7, 11) is 0. The van der Waals surface area contributed by atoms with Crippen molar-refractivity contribution in [2.75, 3.05) is 11.9 Å². The van der Waals surface area contributed by atoms with Crippen molar-refractivity contribution in [3.05, 3.63) is 64.9 Å². The molecule has 0 heterocycles. The highest BCUT2D eigenvalue weighted by molar-refractivity contribution is 6.33. The molecule has 0 bridgehead atoms. The molecule has 0 aliphatic heterocycles. The smallest absolute Gasteiger partial charge is 0.290 e. The third kappa shape index (κ3) is 3.20. The van der Waals surface area contributed by atoms with Crippen LogP contribution in [-0.2, 0) is 5.92 Å². The highest BCUT2D eigenvalue weighted by Crippen LogP contribution is 2.30. The number of halogens is 4. The Morgan fingerprint density at radius 3 is 2.32 bits per heavy atom. The largest absolute Gasteiger partial charge is 0.375 e. The lowest BCUT2D eigenvalue weighted by atomic mass is 10.1. The van der Waals surface area contributed by atoms with Crippen LogP contribution in [0.2, 0.25) is 5.02 Å². The molecule has 1 N–H and O–H groups in total. The number of rotatable bonds is 4. The summed E-state index contributed by atoms with van der Waals surface area (Å²) in [5.74, 6) is -3.76. The van der Waals surface area contributed by atoms with Crippen LogP contribution in [-0.4, -0.2) is 6.54 Å². The van der Waals surface area contributed by atoms with Crippen LogP contribution in [0, 0.1) is 5.82 Å². The van der Waals surface area contributed by atoms with Gasteiger partial charge in [-0.05, 0) is 12.1 Å². The zero-order valence-corrected chi connectivity index (χ0v) is 10.6. The summed E-state index contributed by atoms with van der Waals surface area (Å²) in [6, 6.07) is 11.4. The molecule has 2 aromatic carbocycles. The first-order valence-corrected chi connectivity index (χ1v) is 6.00. The molecule has 0 radical (unpaired) electrons. The fraction of sp³-hybridized carbons (Fsp3) is 0.143. The van der Waals surface area contributed by atoms with Gasteiger partial charge in [-0.1, -0.05) is 48.0 Å². The van der Waals surface area contributed by atoms with Crippen molar-refractivity contribution < 1.29 is 13.2 Å². The highest BCUT2D eigenvalue weighted by Gasteiger charge is 2.31. The second kappa shape index (κ2) is 5.53. The maximum Gasteiger partial charge on any atom is 0.290 e. The van der Waals surface area contributed by atoms with E-state index in [1.165, 1.54) is 36.4 Å². The van der Waals surface area contributed by atoms with E-state index in [-0.39, 0.29) is 16.3 Å². The van der Waals surface area contributed by atoms with Gasteiger partial charge in [-0.3, -0.25) is 0 Å². The SMILES string of the molecule is Fc1cccc(Cl)c1NCC(F)(F)c1ccccc1. The summed E-state index contributed by atoms with van der Waals surface area (Å²) < 4.78 is 41.2. The zero-order valence-electron chi connectivity index (χ0n) is 9.84. The summed E-state index contributed by atoms with van der Waals surface area (Å²) >= 11 is 5.76. The Hall–Kier alpha value is -1.68. The molecule has 0 fully saturated rings. The Morgan fingerprint density at radius 1 is 1.00 bits per heavy atom. The minimum absolute atomic E-state index is 0.0730. The van der Waals surface area contributed by atoms with Gasteiger partial charge in [0.25, 0.3) is 5.92 Å². The fourth-order valence-corrected chi connectivity index (χ4v) is 1.88. The summed E-state index contributed by atoms with van der Waals surface area (Å²) in [6.45, 7) is -0.725. The Labute approximate surface area is 114 Å². The molecule has 2 rings (SSSR count). The molecule has 1 nitrogen and oxygen atoms in total. The molecule has 0 atom stereocenters. The van der Waals surface area contributed by atoms with E-state index in [0.717, 1.165) is 6.07 Å². The molecule has 0 amide bonds. The van der Waals surface area contributed by atoms with Crippen LogP contribution in [0.3, 0.4) is 0 Å². The van der Waals surface area contributed by atoms with E-state index < -0.39 is 18.3 Å². The molecular formula is C14H11ClF3N. The van der Waals surface area contributed by atoms with Gasteiger partial charge in [0.2, 0.25) is 0 Å². The normalized spacial score (nSPS) is 11.4. The fourth-order valence-electron chi connectivity index (χ4n) is 1.65. The van der Waals surface area contributed by atoms with E-state index in [1.54, 1.807) is 6.07 Å². The molecule has 0 saturated carbocycles. The first-order valence-electron chi connectivity index (χ1n) is 5.62. The summed E-state index contributed by atoms with van der Waals surface area (Å²) in [5.41, 5.74) is -0.241. The van der Waals surface area contributed by atoms with Crippen LogP contribution in [0.1, 0.15) is 5.56 Å². The van der Waals surface area contributed by atoms with Crippen LogP contribution >= 0.6 is 11.6 Å². The lowest BCUT2D eigenvalue weighted by Gasteiger charge is -2.18. The molecule has 0 unspecified atom stereocenters. The third-order valence-corrected chi connectivity index (χ3v) is 2.96. The second-order valence-corrected chi connectivity index (χ2v) is 4.43. The van der Waals surface area contributed by atoms with Crippen molar-refractivity contribution in [3.8, 4) is 0 Å². The monoisotopic (exact) mass is 285 g/mol. The lowest BCUT2D eigenvalue weighted by molar-refractivity contribution is 0.0106. The molecule has 5 heteroatoms. The van der Waals surface area contributed by atoms with Gasteiger partial charge in [0.15, 0.2) is 0 Å². The number of benzene rings is 2. The van der Waals surface area contributed by atoms with E-state index in [1.807, 2.05) is 0 Å². The lowest BCUT2D eigenvalue weighted by Crippen LogP contribution is -2.25. The van der Waals surface area contributed by atoms with Crippen molar-refractivity contribution >= 4 is 17.3 Å². The Morgan fingerprint density at radius 2 is 1.68 bits per heavy atom. The molecule has 0 aliphatic rings. The van der Waals surface area contributed by atoms with Crippen LogP contribution in [0.5, 0.6) is 0 Å². The van der Waals surface area contributed by atoms with Crippen molar-refractivity contribution in [1.82, 2.24) is 0 Å². The first-order chi connectivity index (χ1) is 9.00. The van der Waals surface area contributed by atoms with Gasteiger partial charge in [-0.25, -0.2) is 4.39 Å². The van der Waals surface area contributed by atoms with Crippen molar-refractivity contribution in [3.63, 3.8) is 0 Å². The van der Waals surface area contributed by atoms with Crippen molar-refractivity contribution in [1.29, 1.82) is 0 Å². The Balaban J connectivity index is 2.14. The number of anilines is 1. The van der Waals surface area contributed by atoms with E-state index in [9.17, 15) is 13.2 Å². The quantitative estimate of drug-likeness (QED) is 0.860. The molecule has 0 aliphatic carbocycles. The molecule has 2 aromatic rings. The average molecular weight is 286 g/mol. The maximum atomic E-state index is 13.9.